The molecule has 1 heterocycles. The van der Waals surface area contributed by atoms with Gasteiger partial charge in [-0.1, -0.05) is 13.3 Å². The summed E-state index contributed by atoms with van der Waals surface area (Å²) in [6.07, 6.45) is 9.81. The van der Waals surface area contributed by atoms with Gasteiger partial charge in [0.2, 0.25) is 0 Å². The predicted octanol–water partition coefficient (Wildman–Crippen LogP) is 3.68. The van der Waals surface area contributed by atoms with Crippen molar-refractivity contribution in [1.82, 2.24) is 9.88 Å². The van der Waals surface area contributed by atoms with E-state index in [0.29, 0.717) is 6.04 Å². The van der Waals surface area contributed by atoms with E-state index in [9.17, 15) is 0 Å². The van der Waals surface area contributed by atoms with Crippen molar-refractivity contribution < 1.29 is 4.74 Å². The van der Waals surface area contributed by atoms with Crippen LogP contribution in [0.3, 0.4) is 0 Å². The van der Waals surface area contributed by atoms with Gasteiger partial charge in [-0.2, -0.15) is 0 Å². The minimum absolute atomic E-state index is 0.0451. The monoisotopic (exact) mass is 278 g/mol. The normalized spacial score (nSPS) is 19.7. The molecule has 0 aromatic carbocycles. The van der Waals surface area contributed by atoms with Crippen LogP contribution in [0.1, 0.15) is 64.1 Å². The maximum Gasteiger partial charge on any atom is 0.0652 e. The minimum atomic E-state index is -0.0451. The lowest BCUT2D eigenvalue weighted by Crippen LogP contribution is -2.22. The number of aromatic nitrogens is 1. The number of rotatable bonds is 5. The summed E-state index contributed by atoms with van der Waals surface area (Å²) in [6.45, 7) is 11.3. The van der Waals surface area contributed by atoms with Crippen molar-refractivity contribution in [2.24, 2.45) is 0 Å². The Morgan fingerprint density at radius 2 is 2.10 bits per heavy atom. The summed E-state index contributed by atoms with van der Waals surface area (Å²) in [5, 5.41) is 3.63. The molecule has 1 N–H and O–H groups in total. The van der Waals surface area contributed by atoms with Crippen LogP contribution in [0.4, 0.5) is 0 Å². The van der Waals surface area contributed by atoms with Crippen LogP contribution in [0.5, 0.6) is 0 Å². The van der Waals surface area contributed by atoms with Crippen molar-refractivity contribution in [2.75, 3.05) is 13.2 Å². The molecule has 0 saturated heterocycles. The topological polar surface area (TPSA) is 26.2 Å². The van der Waals surface area contributed by atoms with Gasteiger partial charge in [-0.15, -0.1) is 0 Å². The van der Waals surface area contributed by atoms with Gasteiger partial charge in [0.25, 0.3) is 0 Å². The average Bonchev–Trinajstić information content (AvgIpc) is 2.66. The molecule has 3 heteroatoms. The molecule has 0 aliphatic heterocycles. The highest BCUT2D eigenvalue weighted by molar-refractivity contribution is 5.29. The van der Waals surface area contributed by atoms with Crippen LogP contribution < -0.4 is 5.32 Å². The molecule has 0 spiro atoms. The van der Waals surface area contributed by atoms with Crippen molar-refractivity contribution in [3.63, 3.8) is 0 Å². The van der Waals surface area contributed by atoms with Crippen LogP contribution in [0.2, 0.25) is 0 Å². The molecule has 114 valence electrons. The van der Waals surface area contributed by atoms with Crippen LogP contribution in [0.25, 0.3) is 0 Å². The van der Waals surface area contributed by atoms with Gasteiger partial charge in [0.1, 0.15) is 0 Å². The van der Waals surface area contributed by atoms with Crippen molar-refractivity contribution >= 4 is 0 Å². The molecular weight excluding hydrogens is 248 g/mol. The van der Waals surface area contributed by atoms with Crippen molar-refractivity contribution in [1.29, 1.82) is 0 Å². The Labute approximate surface area is 123 Å². The zero-order valence-electron chi connectivity index (χ0n) is 13.5. The summed E-state index contributed by atoms with van der Waals surface area (Å²) in [7, 11) is 0. The van der Waals surface area contributed by atoms with Crippen molar-refractivity contribution in [3.05, 3.63) is 23.5 Å². The fourth-order valence-electron chi connectivity index (χ4n) is 2.96. The van der Waals surface area contributed by atoms with Gasteiger partial charge >= 0.3 is 0 Å². The van der Waals surface area contributed by atoms with E-state index in [1.165, 1.54) is 36.8 Å². The smallest absolute Gasteiger partial charge is 0.0652 e. The van der Waals surface area contributed by atoms with Crippen LogP contribution in [-0.2, 0) is 17.7 Å². The highest BCUT2D eigenvalue weighted by atomic mass is 16.5. The maximum atomic E-state index is 5.83. The Bertz CT molecular complexity index is 417. The van der Waals surface area contributed by atoms with Gasteiger partial charge in [-0.05, 0) is 57.7 Å². The molecule has 0 amide bonds. The summed E-state index contributed by atoms with van der Waals surface area (Å²) >= 11 is 0. The summed E-state index contributed by atoms with van der Waals surface area (Å²) in [4.78, 5) is 0. The Morgan fingerprint density at radius 1 is 1.30 bits per heavy atom. The Balaban J connectivity index is 2.01. The number of fused-ring (bicyclic) bond motifs is 1. The van der Waals surface area contributed by atoms with Gasteiger partial charge in [0.15, 0.2) is 0 Å². The molecule has 1 aliphatic carbocycles. The van der Waals surface area contributed by atoms with E-state index in [1.54, 1.807) is 0 Å². The molecular formula is C17H30N2O. The summed E-state index contributed by atoms with van der Waals surface area (Å²) in [5.74, 6) is 0. The number of ether oxygens (including phenoxy) is 1. The second-order valence-corrected chi connectivity index (χ2v) is 6.79. The molecule has 3 nitrogen and oxygen atoms in total. The van der Waals surface area contributed by atoms with Crippen LogP contribution >= 0.6 is 0 Å². The highest BCUT2D eigenvalue weighted by Gasteiger charge is 2.19. The molecule has 0 saturated carbocycles. The lowest BCUT2D eigenvalue weighted by atomic mass is 10.0. The lowest BCUT2D eigenvalue weighted by molar-refractivity contribution is -0.00680. The summed E-state index contributed by atoms with van der Waals surface area (Å²) in [5.41, 5.74) is 3.00. The van der Waals surface area contributed by atoms with Gasteiger partial charge in [0.05, 0.1) is 12.2 Å². The first kappa shape index (κ1) is 15.6. The fourth-order valence-corrected chi connectivity index (χ4v) is 2.96. The van der Waals surface area contributed by atoms with Crippen molar-refractivity contribution in [3.8, 4) is 0 Å². The van der Waals surface area contributed by atoms with Gasteiger partial charge in [-0.3, -0.25) is 0 Å². The lowest BCUT2D eigenvalue weighted by Gasteiger charge is -2.19. The van der Waals surface area contributed by atoms with E-state index in [1.807, 2.05) is 0 Å². The van der Waals surface area contributed by atoms with E-state index < -0.39 is 0 Å². The molecule has 1 aromatic heterocycles. The number of nitrogens with zero attached hydrogens (tertiary/aromatic N) is 1. The maximum absolute atomic E-state index is 5.83. The zero-order chi connectivity index (χ0) is 14.6. The third kappa shape index (κ3) is 4.35. The first-order valence-electron chi connectivity index (χ1n) is 8.05. The Morgan fingerprint density at radius 3 is 2.80 bits per heavy atom. The molecule has 20 heavy (non-hydrogen) atoms. The first-order valence-corrected chi connectivity index (χ1v) is 8.05. The average molecular weight is 278 g/mol. The van der Waals surface area contributed by atoms with Crippen LogP contribution in [0, 0.1) is 0 Å². The van der Waals surface area contributed by atoms with Gasteiger partial charge in [0, 0.05) is 25.0 Å². The summed E-state index contributed by atoms with van der Waals surface area (Å²) < 4.78 is 8.14. The van der Waals surface area contributed by atoms with E-state index in [4.69, 9.17) is 4.74 Å². The molecule has 0 fully saturated rings. The number of hydrogen-bond donors (Lipinski definition) is 1. The van der Waals surface area contributed by atoms with Gasteiger partial charge < -0.3 is 14.6 Å². The molecule has 1 aromatic rings. The van der Waals surface area contributed by atoms with E-state index in [-0.39, 0.29) is 5.60 Å². The third-order valence-electron chi connectivity index (χ3n) is 3.90. The van der Waals surface area contributed by atoms with E-state index in [2.05, 4.69) is 50.0 Å². The Kier molecular flexibility index (Phi) is 5.28. The molecule has 1 unspecified atom stereocenters. The van der Waals surface area contributed by atoms with Gasteiger partial charge in [-0.25, -0.2) is 0 Å². The molecule has 1 aliphatic rings. The molecule has 1 atom stereocenters. The molecule has 2 rings (SSSR count). The van der Waals surface area contributed by atoms with Crippen LogP contribution in [-0.4, -0.2) is 23.3 Å². The predicted molar refractivity (Wildman–Crippen MR) is 84.1 cm³/mol. The van der Waals surface area contributed by atoms with E-state index >= 15 is 0 Å². The highest BCUT2D eigenvalue weighted by Crippen LogP contribution is 2.29. The van der Waals surface area contributed by atoms with E-state index in [0.717, 1.165) is 19.7 Å². The largest absolute Gasteiger partial charge is 0.374 e. The minimum Gasteiger partial charge on any atom is -0.374 e. The standard InChI is InChI=1S/C17H30N2O/c1-5-18-16-9-7-6-8-14-12-19(13-15(14)16)10-11-20-17(2,3)4/h12-13,16,18H,5-11H2,1-4H3. The Hall–Kier alpha value is -0.800. The van der Waals surface area contributed by atoms with Crippen molar-refractivity contribution in [2.45, 2.75) is 71.6 Å². The summed E-state index contributed by atoms with van der Waals surface area (Å²) in [6, 6.07) is 0.544. The molecule has 0 radical (unpaired) electrons. The second kappa shape index (κ2) is 6.77. The SMILES string of the molecule is CCNC1CCCCc2cn(CCOC(C)(C)C)cc21. The van der Waals surface area contributed by atoms with Crippen LogP contribution in [0.15, 0.2) is 12.4 Å². The fraction of sp³-hybridized carbons (Fsp3) is 0.765. The quantitative estimate of drug-likeness (QED) is 0.832. The molecule has 0 bridgehead atoms. The third-order valence-corrected chi connectivity index (χ3v) is 3.90. The number of nitrogens with one attached hydrogen (secondary N) is 1. The second-order valence-electron chi connectivity index (χ2n) is 6.79. The zero-order valence-corrected chi connectivity index (χ0v) is 13.5. The number of hydrogen-bond acceptors (Lipinski definition) is 2. The first-order chi connectivity index (χ1) is 9.49. The number of aryl methyl sites for hydroxylation is 1.